The van der Waals surface area contributed by atoms with Gasteiger partial charge in [0.05, 0.1) is 5.70 Å². The number of nitrogens with one attached hydrogen (secondary N) is 1. The van der Waals surface area contributed by atoms with E-state index in [1.807, 2.05) is 24.6 Å². The number of hydrogen-bond donors (Lipinski definition) is 1. The Hall–Kier alpha value is -2.09. The first-order valence-electron chi connectivity index (χ1n) is 5.39. The van der Waals surface area contributed by atoms with Crippen LogP contribution in [0.1, 0.15) is 5.69 Å². The van der Waals surface area contributed by atoms with Gasteiger partial charge in [-0.05, 0) is 24.3 Å². The van der Waals surface area contributed by atoms with E-state index in [4.69, 9.17) is 0 Å². The van der Waals surface area contributed by atoms with Gasteiger partial charge in [0.1, 0.15) is 0 Å². The van der Waals surface area contributed by atoms with Gasteiger partial charge < -0.3 is 4.98 Å². The maximum Gasteiger partial charge on any atom is 0.0692 e. The van der Waals surface area contributed by atoms with Gasteiger partial charge in [0, 0.05) is 29.6 Å². The van der Waals surface area contributed by atoms with Crippen LogP contribution >= 0.6 is 0 Å². The molecular weight excluding hydrogens is 196 g/mol. The molecule has 0 atom stereocenters. The lowest BCUT2D eigenvalue weighted by Gasteiger charge is -2.11. The predicted molar refractivity (Wildman–Crippen MR) is 67.1 cm³/mol. The first-order valence-corrected chi connectivity index (χ1v) is 5.39. The minimum atomic E-state index is 0.327. The van der Waals surface area contributed by atoms with Crippen molar-refractivity contribution < 1.29 is 0 Å². The monoisotopic (exact) mass is 208 g/mol. The summed E-state index contributed by atoms with van der Waals surface area (Å²) in [6.07, 6.45) is 16.3. The summed E-state index contributed by atoms with van der Waals surface area (Å²) in [5, 5.41) is 0. The number of nitrogens with zero attached hydrogens (tertiary/aromatic N) is 1. The van der Waals surface area contributed by atoms with Gasteiger partial charge in [-0.2, -0.15) is 0 Å². The van der Waals surface area contributed by atoms with Crippen LogP contribution in [0.15, 0.2) is 65.5 Å². The van der Waals surface area contributed by atoms with Crippen LogP contribution in [0, 0.1) is 5.92 Å². The van der Waals surface area contributed by atoms with Crippen molar-refractivity contribution in [3.63, 3.8) is 0 Å². The van der Waals surface area contributed by atoms with E-state index in [9.17, 15) is 0 Å². The van der Waals surface area contributed by atoms with E-state index in [0.29, 0.717) is 5.92 Å². The number of allylic oxidation sites excluding steroid dienone is 7. The van der Waals surface area contributed by atoms with Crippen molar-refractivity contribution in [2.75, 3.05) is 0 Å². The zero-order valence-electron chi connectivity index (χ0n) is 8.80. The lowest BCUT2D eigenvalue weighted by Crippen LogP contribution is -1.98. The smallest absolute Gasteiger partial charge is 0.0692 e. The topological polar surface area (TPSA) is 28.1 Å². The Morgan fingerprint density at radius 1 is 1.19 bits per heavy atom. The molecule has 0 aromatic carbocycles. The first-order chi connectivity index (χ1) is 7.95. The molecule has 2 nitrogen and oxygen atoms in total. The highest BCUT2D eigenvalue weighted by Gasteiger charge is 2.17. The zero-order valence-corrected chi connectivity index (χ0v) is 8.80. The van der Waals surface area contributed by atoms with E-state index in [0.717, 1.165) is 11.4 Å². The van der Waals surface area contributed by atoms with E-state index in [2.05, 4.69) is 46.4 Å². The summed E-state index contributed by atoms with van der Waals surface area (Å²) in [5.41, 5.74) is 3.42. The van der Waals surface area contributed by atoms with Gasteiger partial charge in [-0.15, -0.1) is 0 Å². The molecule has 1 N–H and O–H groups in total. The van der Waals surface area contributed by atoms with E-state index < -0.39 is 0 Å². The number of aromatic nitrogens is 1. The Bertz CT molecular complexity index is 499. The van der Waals surface area contributed by atoms with Gasteiger partial charge in [0.2, 0.25) is 0 Å². The van der Waals surface area contributed by atoms with Crippen molar-refractivity contribution in [1.82, 2.24) is 4.98 Å². The summed E-state index contributed by atoms with van der Waals surface area (Å²) >= 11 is 0. The van der Waals surface area contributed by atoms with E-state index >= 15 is 0 Å². The molecule has 0 unspecified atom stereocenters. The van der Waals surface area contributed by atoms with Gasteiger partial charge in [0.25, 0.3) is 0 Å². The summed E-state index contributed by atoms with van der Waals surface area (Å²) in [6, 6.07) is 4.10. The third kappa shape index (κ3) is 1.48. The molecule has 3 rings (SSSR count). The molecule has 0 saturated carbocycles. The predicted octanol–water partition coefficient (Wildman–Crippen LogP) is 3.11. The molecule has 2 heteroatoms. The first kappa shape index (κ1) is 9.16. The molecule has 1 aromatic heterocycles. The molecule has 0 saturated heterocycles. The summed E-state index contributed by atoms with van der Waals surface area (Å²) in [6.45, 7) is 0. The van der Waals surface area contributed by atoms with Crippen LogP contribution in [-0.2, 0) is 0 Å². The van der Waals surface area contributed by atoms with Gasteiger partial charge >= 0.3 is 0 Å². The number of hydrogen-bond acceptors (Lipinski definition) is 1. The summed E-state index contributed by atoms with van der Waals surface area (Å²) in [4.78, 5) is 7.65. The van der Waals surface area contributed by atoms with Crippen LogP contribution in [-0.4, -0.2) is 11.2 Å². The lowest BCUT2D eigenvalue weighted by atomic mass is 9.95. The highest BCUT2D eigenvalue weighted by molar-refractivity contribution is 5.84. The molecule has 0 bridgehead atoms. The highest BCUT2D eigenvalue weighted by atomic mass is 14.8. The Kier molecular flexibility index (Phi) is 2.18. The van der Waals surface area contributed by atoms with Crippen molar-refractivity contribution in [2.45, 2.75) is 0 Å². The third-order valence-corrected chi connectivity index (χ3v) is 2.80. The van der Waals surface area contributed by atoms with Crippen molar-refractivity contribution in [3.05, 3.63) is 66.2 Å². The van der Waals surface area contributed by atoms with Crippen LogP contribution < -0.4 is 0 Å². The summed E-state index contributed by atoms with van der Waals surface area (Å²) in [5.74, 6) is 0.327. The Labute approximate surface area is 94.4 Å². The van der Waals surface area contributed by atoms with E-state index in [-0.39, 0.29) is 0 Å². The maximum atomic E-state index is 4.39. The van der Waals surface area contributed by atoms with Crippen molar-refractivity contribution >= 4 is 11.8 Å². The second kappa shape index (κ2) is 3.81. The van der Waals surface area contributed by atoms with Gasteiger partial charge in [-0.1, -0.05) is 24.3 Å². The van der Waals surface area contributed by atoms with Gasteiger partial charge in [-0.3, -0.25) is 4.99 Å². The molecule has 2 aliphatic rings. The van der Waals surface area contributed by atoms with E-state index in [1.165, 1.54) is 5.57 Å². The minimum absolute atomic E-state index is 0.327. The quantitative estimate of drug-likeness (QED) is 0.773. The van der Waals surface area contributed by atoms with Crippen LogP contribution in [0.25, 0.3) is 5.57 Å². The SMILES string of the molecule is C1=C/C(=C(\c2ccc[nH]2)C2C=CC=C2)N=C1. The molecule has 1 aliphatic heterocycles. The number of aliphatic imine (C=N–C) groups is 1. The molecule has 78 valence electrons. The fourth-order valence-electron chi connectivity index (χ4n) is 2.07. The molecular formula is C14H12N2. The molecule has 1 aliphatic carbocycles. The Balaban J connectivity index is 2.12. The lowest BCUT2D eigenvalue weighted by molar-refractivity contribution is 1.08. The zero-order chi connectivity index (χ0) is 10.8. The van der Waals surface area contributed by atoms with Gasteiger partial charge in [0.15, 0.2) is 0 Å². The van der Waals surface area contributed by atoms with Crippen molar-refractivity contribution in [3.8, 4) is 0 Å². The average molecular weight is 208 g/mol. The van der Waals surface area contributed by atoms with Crippen LogP contribution in [0.2, 0.25) is 0 Å². The van der Waals surface area contributed by atoms with E-state index in [1.54, 1.807) is 0 Å². The molecule has 2 heterocycles. The molecule has 1 aromatic rings. The molecule has 16 heavy (non-hydrogen) atoms. The second-order valence-electron chi connectivity index (χ2n) is 3.82. The highest BCUT2D eigenvalue weighted by Crippen LogP contribution is 2.32. The fraction of sp³-hybridized carbons (Fsp3) is 0.0714. The summed E-state index contributed by atoms with van der Waals surface area (Å²) in [7, 11) is 0. The number of rotatable bonds is 2. The standard InChI is InChI=1S/C14H12N2/c1-2-6-11(5-1)14(12-7-3-9-15-12)13-8-4-10-16-13/h1-11,15H/b14-13+. The average Bonchev–Trinajstić information content (AvgIpc) is 3.02. The van der Waals surface area contributed by atoms with Crippen molar-refractivity contribution in [2.24, 2.45) is 10.9 Å². The van der Waals surface area contributed by atoms with Crippen LogP contribution in [0.5, 0.6) is 0 Å². The van der Waals surface area contributed by atoms with Gasteiger partial charge in [-0.25, -0.2) is 0 Å². The third-order valence-electron chi connectivity index (χ3n) is 2.80. The van der Waals surface area contributed by atoms with Crippen molar-refractivity contribution in [1.29, 1.82) is 0 Å². The molecule has 0 radical (unpaired) electrons. The number of aromatic amines is 1. The second-order valence-corrected chi connectivity index (χ2v) is 3.82. The number of H-pyrrole nitrogens is 1. The normalized spacial score (nSPS) is 21.2. The largest absolute Gasteiger partial charge is 0.361 e. The van der Waals surface area contributed by atoms with Crippen LogP contribution in [0.4, 0.5) is 0 Å². The molecule has 0 amide bonds. The minimum Gasteiger partial charge on any atom is -0.361 e. The molecule has 0 fully saturated rings. The molecule has 0 spiro atoms. The Morgan fingerprint density at radius 3 is 2.69 bits per heavy atom. The Morgan fingerprint density at radius 2 is 2.06 bits per heavy atom. The maximum absolute atomic E-state index is 4.39. The van der Waals surface area contributed by atoms with Crippen LogP contribution in [0.3, 0.4) is 0 Å². The fourth-order valence-corrected chi connectivity index (χ4v) is 2.07. The summed E-state index contributed by atoms with van der Waals surface area (Å²) < 4.78 is 0.